The largest absolute Gasteiger partial charge is 0.396 e. The predicted octanol–water partition coefficient (Wildman–Crippen LogP) is 4.87. The molecule has 0 aliphatic heterocycles. The molecular formula is C18H19NOS2. The van der Waals surface area contributed by atoms with E-state index in [4.69, 9.17) is 17.3 Å². The van der Waals surface area contributed by atoms with Gasteiger partial charge in [-0.15, -0.1) is 0 Å². The normalized spacial score (nSPS) is 11.2. The molecule has 2 nitrogen and oxygen atoms in total. The Morgan fingerprint density at radius 1 is 1.05 bits per heavy atom. The quantitative estimate of drug-likeness (QED) is 0.431. The van der Waals surface area contributed by atoms with Crippen molar-refractivity contribution in [2.24, 2.45) is 0 Å². The molecule has 0 heterocycles. The van der Waals surface area contributed by atoms with Crippen LogP contribution >= 0.6 is 24.0 Å². The van der Waals surface area contributed by atoms with Crippen LogP contribution < -0.4 is 5.32 Å². The van der Waals surface area contributed by atoms with Gasteiger partial charge in [-0.25, -0.2) is 0 Å². The van der Waals surface area contributed by atoms with Crippen molar-refractivity contribution in [3.63, 3.8) is 0 Å². The molecule has 0 unspecified atom stereocenters. The highest BCUT2D eigenvalue weighted by Gasteiger charge is 2.06. The summed E-state index contributed by atoms with van der Waals surface area (Å²) in [6.45, 7) is 0.168. The molecule has 0 aliphatic rings. The zero-order valence-corrected chi connectivity index (χ0v) is 13.9. The third-order valence-corrected chi connectivity index (χ3v) is 4.32. The summed E-state index contributed by atoms with van der Waals surface area (Å²) >= 11 is 7.16. The van der Waals surface area contributed by atoms with Crippen LogP contribution in [0.1, 0.15) is 12.8 Å². The van der Waals surface area contributed by atoms with Crippen molar-refractivity contribution in [3.05, 3.63) is 71.6 Å². The maximum Gasteiger partial charge on any atom is 0.107 e. The van der Waals surface area contributed by atoms with E-state index in [0.29, 0.717) is 11.4 Å². The summed E-state index contributed by atoms with van der Waals surface area (Å²) in [6.07, 6.45) is 1.47. The molecule has 0 atom stereocenters. The Bertz CT molecular complexity index is 611. The first kappa shape index (κ1) is 16.7. The van der Waals surface area contributed by atoms with Crippen LogP contribution in [0.2, 0.25) is 0 Å². The van der Waals surface area contributed by atoms with Crippen LogP contribution in [-0.4, -0.2) is 16.7 Å². The molecule has 0 bridgehead atoms. The van der Waals surface area contributed by atoms with Gasteiger partial charge >= 0.3 is 0 Å². The highest BCUT2D eigenvalue weighted by atomic mass is 32.2. The number of hydrogen-bond donors (Lipinski definition) is 2. The lowest BCUT2D eigenvalue weighted by Crippen LogP contribution is -2.12. The first-order valence-electron chi connectivity index (χ1n) is 7.17. The number of benzene rings is 2. The summed E-state index contributed by atoms with van der Waals surface area (Å²) in [4.78, 5) is 1.88. The minimum atomic E-state index is 0.168. The van der Waals surface area contributed by atoms with Crippen LogP contribution in [0.5, 0.6) is 0 Å². The smallest absolute Gasteiger partial charge is 0.107 e. The minimum Gasteiger partial charge on any atom is -0.396 e. The van der Waals surface area contributed by atoms with Crippen molar-refractivity contribution >= 4 is 34.7 Å². The molecule has 2 N–H and O–H groups in total. The summed E-state index contributed by atoms with van der Waals surface area (Å²) in [6, 6.07) is 20.1. The second kappa shape index (κ2) is 9.41. The number of rotatable bonds is 7. The first-order valence-corrected chi connectivity index (χ1v) is 8.46. The summed E-state index contributed by atoms with van der Waals surface area (Å²) in [5.41, 5.74) is 2.02. The highest BCUT2D eigenvalue weighted by Crippen LogP contribution is 2.23. The average Bonchev–Trinajstić information content (AvgIpc) is 2.56. The van der Waals surface area contributed by atoms with Crippen molar-refractivity contribution in [2.45, 2.75) is 17.7 Å². The molecule has 0 saturated heterocycles. The van der Waals surface area contributed by atoms with E-state index in [1.807, 2.05) is 48.5 Å². The third-order valence-electron chi connectivity index (χ3n) is 3.01. The number of thiocarbonyl (C=S) groups is 1. The topological polar surface area (TPSA) is 32.3 Å². The van der Waals surface area contributed by atoms with Gasteiger partial charge in [0.2, 0.25) is 0 Å². The Morgan fingerprint density at radius 3 is 2.32 bits per heavy atom. The molecule has 0 fully saturated rings. The van der Waals surface area contributed by atoms with E-state index in [-0.39, 0.29) is 6.61 Å². The Kier molecular flexibility index (Phi) is 7.16. The fraction of sp³-hybridized carbons (Fsp3) is 0.167. The van der Waals surface area contributed by atoms with E-state index < -0.39 is 0 Å². The van der Waals surface area contributed by atoms with Gasteiger partial charge in [-0.2, -0.15) is 0 Å². The maximum atomic E-state index is 9.07. The molecule has 2 aromatic carbocycles. The van der Waals surface area contributed by atoms with Crippen molar-refractivity contribution in [1.29, 1.82) is 0 Å². The molecule has 0 amide bonds. The molecule has 2 rings (SSSR count). The van der Waals surface area contributed by atoms with Gasteiger partial charge in [0, 0.05) is 17.2 Å². The number of para-hydroxylation sites is 1. The molecule has 114 valence electrons. The molecule has 0 saturated carbocycles. The zero-order valence-electron chi connectivity index (χ0n) is 12.2. The summed E-state index contributed by atoms with van der Waals surface area (Å²) in [7, 11) is 0. The van der Waals surface area contributed by atoms with Gasteiger partial charge < -0.3 is 10.4 Å². The molecule has 2 aromatic rings. The molecule has 4 heteroatoms. The molecule has 0 radical (unpaired) electrons. The van der Waals surface area contributed by atoms with Gasteiger partial charge in [0.05, 0.1) is 0 Å². The van der Waals surface area contributed by atoms with Crippen LogP contribution in [0, 0.1) is 0 Å². The Morgan fingerprint density at radius 2 is 1.68 bits per heavy atom. The van der Waals surface area contributed by atoms with Gasteiger partial charge in [-0.3, -0.25) is 0 Å². The molecule has 0 aromatic heterocycles. The highest BCUT2D eigenvalue weighted by molar-refractivity contribution is 8.02. The van der Waals surface area contributed by atoms with Crippen molar-refractivity contribution in [2.75, 3.05) is 11.9 Å². The van der Waals surface area contributed by atoms with Crippen LogP contribution in [-0.2, 0) is 0 Å². The summed E-state index contributed by atoms with van der Waals surface area (Å²) < 4.78 is 0. The fourth-order valence-electron chi connectivity index (χ4n) is 1.87. The van der Waals surface area contributed by atoms with Crippen LogP contribution in [0.25, 0.3) is 0 Å². The van der Waals surface area contributed by atoms with Gasteiger partial charge in [0.25, 0.3) is 0 Å². The second-order valence-electron chi connectivity index (χ2n) is 4.72. The number of anilines is 1. The molecule has 0 spiro atoms. The van der Waals surface area contributed by atoms with E-state index in [1.54, 1.807) is 11.8 Å². The molecule has 0 aliphatic carbocycles. The third kappa shape index (κ3) is 5.64. The monoisotopic (exact) mass is 329 g/mol. The Labute approximate surface area is 141 Å². The lowest BCUT2D eigenvalue weighted by molar-refractivity contribution is 0.289. The number of aliphatic hydroxyl groups is 1. The van der Waals surface area contributed by atoms with E-state index in [0.717, 1.165) is 17.7 Å². The Balaban J connectivity index is 2.05. The maximum absolute atomic E-state index is 9.07. The van der Waals surface area contributed by atoms with Gasteiger partial charge in [0.1, 0.15) is 4.99 Å². The summed E-state index contributed by atoms with van der Waals surface area (Å²) in [5, 5.41) is 14.4. The predicted molar refractivity (Wildman–Crippen MR) is 99.4 cm³/mol. The van der Waals surface area contributed by atoms with Crippen LogP contribution in [0.4, 0.5) is 5.69 Å². The van der Waals surface area contributed by atoms with Crippen molar-refractivity contribution in [3.8, 4) is 0 Å². The summed E-state index contributed by atoms with van der Waals surface area (Å²) in [5.74, 6) is 0. The van der Waals surface area contributed by atoms with Crippen molar-refractivity contribution < 1.29 is 5.11 Å². The first-order chi connectivity index (χ1) is 10.8. The van der Waals surface area contributed by atoms with Crippen LogP contribution in [0.3, 0.4) is 0 Å². The number of nitrogens with one attached hydrogen (secondary N) is 1. The standard InChI is InChI=1S/C18H19NOS2/c20-13-7-8-15(14-22-17-11-5-2-6-12-17)18(21)19-16-9-3-1-4-10-16/h1-6,9-12,14,20H,7-8,13H2,(H,19,21)/b15-14-. The van der Waals surface area contributed by atoms with Crippen molar-refractivity contribution in [1.82, 2.24) is 0 Å². The van der Waals surface area contributed by atoms with E-state index in [1.165, 1.54) is 4.90 Å². The lowest BCUT2D eigenvalue weighted by Gasteiger charge is -2.11. The van der Waals surface area contributed by atoms with E-state index in [9.17, 15) is 0 Å². The van der Waals surface area contributed by atoms with E-state index in [2.05, 4.69) is 22.9 Å². The average molecular weight is 329 g/mol. The zero-order chi connectivity index (χ0) is 15.6. The second-order valence-corrected chi connectivity index (χ2v) is 6.07. The Hall–Kier alpha value is -1.62. The number of thioether (sulfide) groups is 1. The van der Waals surface area contributed by atoms with Gasteiger partial charge in [-0.05, 0) is 48.1 Å². The van der Waals surface area contributed by atoms with Crippen LogP contribution in [0.15, 0.2) is 76.5 Å². The number of aliphatic hydroxyl groups excluding tert-OH is 1. The molecule has 22 heavy (non-hydrogen) atoms. The fourth-order valence-corrected chi connectivity index (χ4v) is 3.05. The SMILES string of the molecule is OCCC/C(=C/Sc1ccccc1)C(=S)Nc1ccccc1. The number of hydrogen-bond acceptors (Lipinski definition) is 3. The lowest BCUT2D eigenvalue weighted by atomic mass is 10.1. The minimum absolute atomic E-state index is 0.168. The van der Waals surface area contributed by atoms with Gasteiger partial charge in [-0.1, -0.05) is 60.4 Å². The van der Waals surface area contributed by atoms with Gasteiger partial charge in [0.15, 0.2) is 0 Å². The van der Waals surface area contributed by atoms with E-state index >= 15 is 0 Å². The molecular weight excluding hydrogens is 310 g/mol.